The largest absolute Gasteiger partial charge is 0.419 e. The van der Waals surface area contributed by atoms with E-state index in [1.54, 1.807) is 0 Å². The van der Waals surface area contributed by atoms with Gasteiger partial charge in [-0.1, -0.05) is 19.8 Å². The normalized spacial score (nSPS) is 18.9. The van der Waals surface area contributed by atoms with Crippen LogP contribution in [0.15, 0.2) is 12.4 Å². The highest BCUT2D eigenvalue weighted by atomic mass is 19.4. The van der Waals surface area contributed by atoms with Crippen LogP contribution in [-0.2, 0) is 12.7 Å². The van der Waals surface area contributed by atoms with E-state index in [4.69, 9.17) is 0 Å². The molecule has 0 spiro atoms. The van der Waals surface area contributed by atoms with Gasteiger partial charge in [0.1, 0.15) is 0 Å². The minimum atomic E-state index is -4.31. The first kappa shape index (κ1) is 14.4. The molecule has 1 saturated carbocycles. The van der Waals surface area contributed by atoms with Crippen LogP contribution in [0.3, 0.4) is 0 Å². The van der Waals surface area contributed by atoms with E-state index in [1.165, 1.54) is 17.5 Å². The lowest BCUT2D eigenvalue weighted by molar-refractivity contribution is -0.137. The van der Waals surface area contributed by atoms with Gasteiger partial charge in [-0.25, -0.2) is 0 Å². The van der Waals surface area contributed by atoms with Gasteiger partial charge in [0.05, 0.1) is 18.3 Å². The highest BCUT2D eigenvalue weighted by molar-refractivity contribution is 5.08. The molecule has 2 rings (SSSR count). The number of hydrogen-bond donors (Lipinski definition) is 1. The molecule has 1 unspecified atom stereocenters. The Labute approximate surface area is 111 Å². The van der Waals surface area contributed by atoms with Gasteiger partial charge in [-0.05, 0) is 25.3 Å². The van der Waals surface area contributed by atoms with Gasteiger partial charge in [-0.15, -0.1) is 0 Å². The maximum absolute atomic E-state index is 12.5. The van der Waals surface area contributed by atoms with Gasteiger partial charge >= 0.3 is 6.18 Å². The molecule has 108 valence electrons. The van der Waals surface area contributed by atoms with Gasteiger partial charge in [-0.2, -0.15) is 18.3 Å². The average molecular weight is 275 g/mol. The average Bonchev–Trinajstić information content (AvgIpc) is 2.98. The summed E-state index contributed by atoms with van der Waals surface area (Å²) in [6.45, 7) is 3.36. The second-order valence-electron chi connectivity index (χ2n) is 5.16. The number of hydrogen-bond acceptors (Lipinski definition) is 2. The fraction of sp³-hybridized carbons (Fsp3) is 0.769. The molecule has 6 heteroatoms. The number of nitrogens with zero attached hydrogens (tertiary/aromatic N) is 2. The smallest absolute Gasteiger partial charge is 0.312 e. The second-order valence-corrected chi connectivity index (χ2v) is 5.16. The van der Waals surface area contributed by atoms with Crippen LogP contribution in [0.5, 0.6) is 0 Å². The van der Waals surface area contributed by atoms with Crippen molar-refractivity contribution >= 4 is 0 Å². The van der Waals surface area contributed by atoms with E-state index in [-0.39, 0.29) is 6.04 Å². The van der Waals surface area contributed by atoms with Gasteiger partial charge < -0.3 is 5.32 Å². The van der Waals surface area contributed by atoms with Crippen LogP contribution in [0.2, 0.25) is 0 Å². The zero-order valence-electron chi connectivity index (χ0n) is 11.1. The molecule has 0 amide bonds. The Morgan fingerprint density at radius 3 is 2.63 bits per heavy atom. The van der Waals surface area contributed by atoms with Crippen LogP contribution in [0, 0.1) is 5.92 Å². The molecule has 1 aromatic rings. The maximum atomic E-state index is 12.5. The van der Waals surface area contributed by atoms with E-state index in [0.717, 1.165) is 31.8 Å². The van der Waals surface area contributed by atoms with Crippen molar-refractivity contribution in [1.82, 2.24) is 15.1 Å². The monoisotopic (exact) mass is 275 g/mol. The van der Waals surface area contributed by atoms with Crippen molar-refractivity contribution in [3.8, 4) is 0 Å². The summed E-state index contributed by atoms with van der Waals surface area (Å²) in [6, 6.07) is 0.216. The number of nitrogens with one attached hydrogen (secondary N) is 1. The first-order chi connectivity index (χ1) is 9.00. The van der Waals surface area contributed by atoms with Gasteiger partial charge in [0, 0.05) is 12.2 Å². The second kappa shape index (κ2) is 5.94. The predicted molar refractivity (Wildman–Crippen MR) is 66.7 cm³/mol. The third-order valence-electron chi connectivity index (χ3n) is 3.78. The Kier molecular flexibility index (Phi) is 4.50. The van der Waals surface area contributed by atoms with Crippen molar-refractivity contribution in [3.05, 3.63) is 18.0 Å². The van der Waals surface area contributed by atoms with Crippen molar-refractivity contribution in [1.29, 1.82) is 0 Å². The van der Waals surface area contributed by atoms with Crippen molar-refractivity contribution in [2.45, 2.75) is 51.4 Å². The Bertz CT molecular complexity index is 394. The molecule has 0 aliphatic heterocycles. The molecule has 1 atom stereocenters. The van der Waals surface area contributed by atoms with Crippen LogP contribution in [-0.4, -0.2) is 22.4 Å². The van der Waals surface area contributed by atoms with E-state index in [0.29, 0.717) is 12.5 Å². The zero-order valence-corrected chi connectivity index (χ0v) is 11.1. The fourth-order valence-corrected chi connectivity index (χ4v) is 2.81. The van der Waals surface area contributed by atoms with Gasteiger partial charge in [0.2, 0.25) is 0 Å². The highest BCUT2D eigenvalue weighted by Gasteiger charge is 2.32. The molecule has 19 heavy (non-hydrogen) atoms. The number of aromatic nitrogens is 2. The molecule has 3 nitrogen and oxygen atoms in total. The number of halogens is 3. The molecule has 1 heterocycles. The minimum Gasteiger partial charge on any atom is -0.312 e. The predicted octanol–water partition coefficient (Wildman–Crippen LogP) is 3.07. The number of likely N-dealkylation sites (N-methyl/N-ethyl adjacent to an activating group) is 1. The Hall–Kier alpha value is -1.04. The fourth-order valence-electron chi connectivity index (χ4n) is 2.81. The summed E-state index contributed by atoms with van der Waals surface area (Å²) in [7, 11) is 0. The van der Waals surface area contributed by atoms with Crippen LogP contribution in [0.1, 0.15) is 38.2 Å². The first-order valence-corrected chi connectivity index (χ1v) is 6.83. The maximum Gasteiger partial charge on any atom is 0.419 e. The molecular formula is C13H20F3N3. The van der Waals surface area contributed by atoms with E-state index in [2.05, 4.69) is 10.4 Å². The van der Waals surface area contributed by atoms with Gasteiger partial charge in [0.25, 0.3) is 0 Å². The Balaban J connectivity index is 2.02. The third-order valence-corrected chi connectivity index (χ3v) is 3.78. The SMILES string of the molecule is CCNC(Cn1cc(C(F)(F)F)cn1)C1CCCC1. The van der Waals surface area contributed by atoms with Gasteiger partial charge in [-0.3, -0.25) is 4.68 Å². The topological polar surface area (TPSA) is 29.9 Å². The number of alkyl halides is 3. The summed E-state index contributed by atoms with van der Waals surface area (Å²) in [5, 5.41) is 7.21. The Morgan fingerprint density at radius 2 is 2.11 bits per heavy atom. The molecular weight excluding hydrogens is 255 g/mol. The molecule has 0 bridgehead atoms. The lowest BCUT2D eigenvalue weighted by Crippen LogP contribution is -2.38. The molecule has 0 radical (unpaired) electrons. The summed E-state index contributed by atoms with van der Waals surface area (Å²) in [4.78, 5) is 0. The lowest BCUT2D eigenvalue weighted by Gasteiger charge is -2.24. The summed E-state index contributed by atoms with van der Waals surface area (Å²) in [5.41, 5.74) is -0.672. The summed E-state index contributed by atoms with van der Waals surface area (Å²) in [5.74, 6) is 0.554. The van der Waals surface area contributed by atoms with E-state index in [9.17, 15) is 13.2 Å². The van der Waals surface area contributed by atoms with Crippen LogP contribution < -0.4 is 5.32 Å². The molecule has 0 aromatic carbocycles. The Morgan fingerprint density at radius 1 is 1.42 bits per heavy atom. The van der Waals surface area contributed by atoms with Crippen molar-refractivity contribution in [3.63, 3.8) is 0 Å². The van der Waals surface area contributed by atoms with Crippen molar-refractivity contribution in [2.24, 2.45) is 5.92 Å². The standard InChI is InChI=1S/C13H20F3N3/c1-2-17-12(10-5-3-4-6-10)9-19-8-11(7-18-19)13(14,15)16/h7-8,10,12,17H,2-6,9H2,1H3. The van der Waals surface area contributed by atoms with Gasteiger partial charge in [0.15, 0.2) is 0 Å². The van der Waals surface area contributed by atoms with E-state index in [1.807, 2.05) is 6.92 Å². The quantitative estimate of drug-likeness (QED) is 0.895. The van der Waals surface area contributed by atoms with Crippen molar-refractivity contribution < 1.29 is 13.2 Å². The first-order valence-electron chi connectivity index (χ1n) is 6.83. The van der Waals surface area contributed by atoms with Crippen LogP contribution >= 0.6 is 0 Å². The van der Waals surface area contributed by atoms with E-state index < -0.39 is 11.7 Å². The van der Waals surface area contributed by atoms with Crippen LogP contribution in [0.4, 0.5) is 13.2 Å². The third kappa shape index (κ3) is 3.72. The molecule has 1 aliphatic rings. The molecule has 1 aromatic heterocycles. The minimum absolute atomic E-state index is 0.216. The molecule has 1 aliphatic carbocycles. The molecule has 0 saturated heterocycles. The summed E-state index contributed by atoms with van der Waals surface area (Å²) >= 11 is 0. The van der Waals surface area contributed by atoms with Crippen LogP contribution in [0.25, 0.3) is 0 Å². The molecule has 1 fully saturated rings. The lowest BCUT2D eigenvalue weighted by atomic mass is 9.98. The van der Waals surface area contributed by atoms with E-state index >= 15 is 0 Å². The highest BCUT2D eigenvalue weighted by Crippen LogP contribution is 2.30. The number of rotatable bonds is 5. The zero-order chi connectivity index (χ0) is 13.9. The molecule has 1 N–H and O–H groups in total. The summed E-state index contributed by atoms with van der Waals surface area (Å²) in [6.07, 6.45) is 2.45. The van der Waals surface area contributed by atoms with Crippen molar-refractivity contribution in [2.75, 3.05) is 6.54 Å². The summed E-state index contributed by atoms with van der Waals surface area (Å²) < 4.78 is 39.0.